The number of fused-ring (bicyclic) bond motifs is 1. The lowest BCUT2D eigenvalue weighted by molar-refractivity contribution is 0.291. The summed E-state index contributed by atoms with van der Waals surface area (Å²) in [6.07, 6.45) is 5.00. The topological polar surface area (TPSA) is 21.3 Å². The molecule has 0 aliphatic carbocycles. The third-order valence-corrected chi connectivity index (χ3v) is 4.16. The van der Waals surface area contributed by atoms with Gasteiger partial charge in [-0.25, -0.2) is 0 Å². The minimum Gasteiger partial charge on any atom is -0.492 e. The fourth-order valence-corrected chi connectivity index (χ4v) is 2.82. The van der Waals surface area contributed by atoms with Crippen LogP contribution >= 0.6 is 0 Å². The van der Waals surface area contributed by atoms with Crippen molar-refractivity contribution in [2.45, 2.75) is 71.3 Å². The van der Waals surface area contributed by atoms with E-state index >= 15 is 0 Å². The van der Waals surface area contributed by atoms with Crippen molar-refractivity contribution in [1.82, 2.24) is 5.32 Å². The first-order valence-electron chi connectivity index (χ1n) is 8.29. The van der Waals surface area contributed by atoms with Crippen molar-refractivity contribution in [3.05, 3.63) is 29.3 Å². The second-order valence-corrected chi connectivity index (χ2v) is 7.99. The van der Waals surface area contributed by atoms with Crippen LogP contribution in [-0.2, 0) is 11.8 Å². The predicted molar refractivity (Wildman–Crippen MR) is 90.3 cm³/mol. The summed E-state index contributed by atoms with van der Waals surface area (Å²) in [6.45, 7) is 13.1. The second kappa shape index (κ2) is 6.39. The number of benzene rings is 1. The van der Waals surface area contributed by atoms with E-state index in [4.69, 9.17) is 4.74 Å². The Labute approximate surface area is 130 Å². The van der Waals surface area contributed by atoms with Crippen molar-refractivity contribution in [3.63, 3.8) is 0 Å². The van der Waals surface area contributed by atoms with Crippen LogP contribution in [0.3, 0.4) is 0 Å². The average Bonchev–Trinajstić information content (AvgIpc) is 2.68. The standard InChI is InChI=1S/C19H31NO/c1-18(2,3)20-12-8-6-7-9-15-10-11-17-16(13-15)19(4,5)14-21-17/h10-11,13,20H,6-9,12,14H2,1-5H3. The van der Waals surface area contributed by atoms with Gasteiger partial charge in [0.05, 0.1) is 6.61 Å². The van der Waals surface area contributed by atoms with Gasteiger partial charge in [0, 0.05) is 16.5 Å². The number of ether oxygens (including phenoxy) is 1. The fraction of sp³-hybridized carbons (Fsp3) is 0.684. The van der Waals surface area contributed by atoms with Crippen molar-refractivity contribution in [1.29, 1.82) is 0 Å². The van der Waals surface area contributed by atoms with E-state index in [1.165, 1.54) is 36.8 Å². The maximum Gasteiger partial charge on any atom is 0.123 e. The van der Waals surface area contributed by atoms with Crippen LogP contribution in [-0.4, -0.2) is 18.7 Å². The number of hydrogen-bond donors (Lipinski definition) is 1. The molecule has 1 heterocycles. The summed E-state index contributed by atoms with van der Waals surface area (Å²) in [5.74, 6) is 1.08. The van der Waals surface area contributed by atoms with Crippen molar-refractivity contribution in [2.75, 3.05) is 13.2 Å². The van der Waals surface area contributed by atoms with Gasteiger partial charge >= 0.3 is 0 Å². The molecule has 1 aliphatic heterocycles. The molecule has 1 aromatic rings. The van der Waals surface area contributed by atoms with Crippen LogP contribution in [0.15, 0.2) is 18.2 Å². The minimum absolute atomic E-state index is 0.169. The van der Waals surface area contributed by atoms with Crippen molar-refractivity contribution < 1.29 is 4.74 Å². The molecule has 2 rings (SSSR count). The van der Waals surface area contributed by atoms with Gasteiger partial charge in [0.2, 0.25) is 0 Å². The Morgan fingerprint density at radius 3 is 2.62 bits per heavy atom. The fourth-order valence-electron chi connectivity index (χ4n) is 2.82. The van der Waals surface area contributed by atoms with E-state index in [-0.39, 0.29) is 11.0 Å². The third kappa shape index (κ3) is 4.74. The lowest BCUT2D eigenvalue weighted by Crippen LogP contribution is -2.36. The largest absolute Gasteiger partial charge is 0.492 e. The van der Waals surface area contributed by atoms with Gasteiger partial charge in [0.25, 0.3) is 0 Å². The molecule has 0 spiro atoms. The molecule has 0 unspecified atom stereocenters. The molecule has 0 atom stereocenters. The van der Waals surface area contributed by atoms with Crippen LogP contribution in [0.4, 0.5) is 0 Å². The number of aryl methyl sites for hydroxylation is 1. The SMILES string of the molecule is CC(C)(C)NCCCCCc1ccc2c(c1)C(C)(C)CO2. The highest BCUT2D eigenvalue weighted by Gasteiger charge is 2.31. The highest BCUT2D eigenvalue weighted by Crippen LogP contribution is 2.38. The molecule has 1 aromatic carbocycles. The lowest BCUT2D eigenvalue weighted by atomic mass is 9.86. The Morgan fingerprint density at radius 2 is 1.90 bits per heavy atom. The summed E-state index contributed by atoms with van der Waals surface area (Å²) in [7, 11) is 0. The Kier molecular flexibility index (Phi) is 4.98. The van der Waals surface area contributed by atoms with E-state index in [2.05, 4.69) is 58.1 Å². The number of hydrogen-bond acceptors (Lipinski definition) is 2. The molecule has 2 nitrogen and oxygen atoms in total. The molecular weight excluding hydrogens is 258 g/mol. The molecule has 118 valence electrons. The van der Waals surface area contributed by atoms with Gasteiger partial charge < -0.3 is 10.1 Å². The first-order chi connectivity index (χ1) is 9.78. The van der Waals surface area contributed by atoms with Gasteiger partial charge in [0.15, 0.2) is 0 Å². The summed E-state index contributed by atoms with van der Waals surface area (Å²) in [4.78, 5) is 0. The van der Waals surface area contributed by atoms with E-state index in [9.17, 15) is 0 Å². The van der Waals surface area contributed by atoms with E-state index in [1.807, 2.05) is 0 Å². The summed E-state index contributed by atoms with van der Waals surface area (Å²) in [5, 5.41) is 3.55. The molecule has 2 heteroatoms. The number of unbranched alkanes of at least 4 members (excludes halogenated alkanes) is 2. The molecule has 21 heavy (non-hydrogen) atoms. The zero-order valence-corrected chi connectivity index (χ0v) is 14.4. The molecule has 1 N–H and O–H groups in total. The normalized spacial score (nSPS) is 16.6. The van der Waals surface area contributed by atoms with Crippen molar-refractivity contribution in [2.24, 2.45) is 0 Å². The summed E-state index contributed by atoms with van der Waals surface area (Å²) >= 11 is 0. The highest BCUT2D eigenvalue weighted by atomic mass is 16.5. The van der Waals surface area contributed by atoms with Crippen LogP contribution in [0, 0.1) is 0 Å². The first-order valence-corrected chi connectivity index (χ1v) is 8.29. The monoisotopic (exact) mass is 289 g/mol. The quantitative estimate of drug-likeness (QED) is 0.781. The van der Waals surface area contributed by atoms with Crippen LogP contribution in [0.25, 0.3) is 0 Å². The average molecular weight is 289 g/mol. The zero-order chi connectivity index (χ0) is 15.5. The van der Waals surface area contributed by atoms with E-state index in [1.54, 1.807) is 0 Å². The van der Waals surface area contributed by atoms with Crippen LogP contribution in [0.2, 0.25) is 0 Å². The Hall–Kier alpha value is -1.02. The molecule has 0 saturated carbocycles. The molecular formula is C19H31NO. The van der Waals surface area contributed by atoms with Crippen molar-refractivity contribution in [3.8, 4) is 5.75 Å². The lowest BCUT2D eigenvalue weighted by Gasteiger charge is -2.20. The molecule has 0 fully saturated rings. The van der Waals surface area contributed by atoms with E-state index in [0.717, 1.165) is 18.9 Å². The Bertz CT molecular complexity index is 471. The molecule has 0 bridgehead atoms. The maximum absolute atomic E-state index is 5.75. The minimum atomic E-state index is 0.169. The number of nitrogens with one attached hydrogen (secondary N) is 1. The summed E-state index contributed by atoms with van der Waals surface area (Å²) in [6, 6.07) is 6.74. The van der Waals surface area contributed by atoms with Crippen LogP contribution in [0.5, 0.6) is 5.75 Å². The smallest absolute Gasteiger partial charge is 0.123 e. The second-order valence-electron chi connectivity index (χ2n) is 7.99. The van der Waals surface area contributed by atoms with Gasteiger partial charge in [-0.1, -0.05) is 32.4 Å². The molecule has 0 radical (unpaired) electrons. The number of rotatable bonds is 6. The van der Waals surface area contributed by atoms with Gasteiger partial charge in [-0.3, -0.25) is 0 Å². The molecule has 0 saturated heterocycles. The third-order valence-electron chi connectivity index (χ3n) is 4.16. The van der Waals surface area contributed by atoms with Crippen LogP contribution in [0.1, 0.15) is 65.0 Å². The summed E-state index contributed by atoms with van der Waals surface area (Å²) in [5.41, 5.74) is 3.25. The van der Waals surface area contributed by atoms with Gasteiger partial charge in [-0.15, -0.1) is 0 Å². The van der Waals surface area contributed by atoms with Gasteiger partial charge in [-0.2, -0.15) is 0 Å². The highest BCUT2D eigenvalue weighted by molar-refractivity contribution is 5.45. The Morgan fingerprint density at radius 1 is 1.14 bits per heavy atom. The predicted octanol–water partition coefficient (Wildman–Crippen LogP) is 4.46. The van der Waals surface area contributed by atoms with E-state index in [0.29, 0.717) is 0 Å². The molecule has 0 aromatic heterocycles. The maximum atomic E-state index is 5.75. The first kappa shape index (κ1) is 16.4. The van der Waals surface area contributed by atoms with Gasteiger partial charge in [-0.05, 0) is 58.2 Å². The summed E-state index contributed by atoms with van der Waals surface area (Å²) < 4.78 is 5.75. The van der Waals surface area contributed by atoms with Crippen molar-refractivity contribution >= 4 is 0 Å². The van der Waals surface area contributed by atoms with Crippen LogP contribution < -0.4 is 10.1 Å². The van der Waals surface area contributed by atoms with Gasteiger partial charge in [0.1, 0.15) is 5.75 Å². The molecule has 1 aliphatic rings. The zero-order valence-electron chi connectivity index (χ0n) is 14.4. The Balaban J connectivity index is 1.75. The van der Waals surface area contributed by atoms with E-state index < -0.39 is 0 Å². The molecule has 0 amide bonds.